The molecule has 0 unspecified atom stereocenters. The van der Waals surface area contributed by atoms with Crippen LogP contribution in [0, 0.1) is 5.92 Å². The number of nitrogens with zero attached hydrogens (tertiary/aromatic N) is 1. The average Bonchev–Trinajstić information content (AvgIpc) is 2.92. The average molecular weight is 365 g/mol. The first-order valence-corrected chi connectivity index (χ1v) is 8.92. The number of aliphatic hydroxyl groups excluding tert-OH is 1. The summed E-state index contributed by atoms with van der Waals surface area (Å²) in [5.74, 6) is -0.713. The highest BCUT2D eigenvalue weighted by molar-refractivity contribution is 6.46. The van der Waals surface area contributed by atoms with Gasteiger partial charge < -0.3 is 14.7 Å². The Hall–Kier alpha value is -3.08. The molecular formula is C22H23NO4. The summed E-state index contributed by atoms with van der Waals surface area (Å²) in [6, 6.07) is 15.4. The summed E-state index contributed by atoms with van der Waals surface area (Å²) in [7, 11) is 1.55. The predicted octanol–water partition coefficient (Wildman–Crippen LogP) is 3.77. The monoisotopic (exact) mass is 365 g/mol. The molecule has 3 rings (SSSR count). The summed E-state index contributed by atoms with van der Waals surface area (Å²) < 4.78 is 5.46. The zero-order valence-corrected chi connectivity index (χ0v) is 15.7. The fourth-order valence-corrected chi connectivity index (χ4v) is 3.43. The van der Waals surface area contributed by atoms with Crippen LogP contribution in [-0.4, -0.2) is 35.4 Å². The molecule has 1 fully saturated rings. The number of ether oxygens (including phenoxy) is 1. The molecule has 0 spiro atoms. The van der Waals surface area contributed by atoms with E-state index in [1.807, 2.05) is 38.1 Å². The van der Waals surface area contributed by atoms with Gasteiger partial charge in [-0.2, -0.15) is 0 Å². The van der Waals surface area contributed by atoms with Crippen LogP contribution in [0.15, 0.2) is 60.2 Å². The number of hydrogen-bond acceptors (Lipinski definition) is 4. The Balaban J connectivity index is 2.23. The third kappa shape index (κ3) is 3.45. The SMILES string of the molecule is COc1ccccc1[C@H]1C(=C(O)c2ccccc2)C(=O)C(=O)N1CC(C)C. The minimum absolute atomic E-state index is 0.0938. The van der Waals surface area contributed by atoms with Crippen molar-refractivity contribution in [1.82, 2.24) is 4.90 Å². The van der Waals surface area contributed by atoms with Gasteiger partial charge in [-0.1, -0.05) is 62.4 Å². The molecule has 1 atom stereocenters. The zero-order chi connectivity index (χ0) is 19.6. The second-order valence-corrected chi connectivity index (χ2v) is 6.95. The van der Waals surface area contributed by atoms with Gasteiger partial charge in [0.05, 0.1) is 18.7 Å². The van der Waals surface area contributed by atoms with Gasteiger partial charge in [-0.05, 0) is 12.0 Å². The van der Waals surface area contributed by atoms with Crippen molar-refractivity contribution in [2.75, 3.05) is 13.7 Å². The number of amides is 1. The second-order valence-electron chi connectivity index (χ2n) is 6.95. The number of aliphatic hydroxyl groups is 1. The van der Waals surface area contributed by atoms with E-state index in [1.54, 1.807) is 37.4 Å². The number of Topliss-reactive ketones (excluding diaryl/α,β-unsaturated/α-hetero) is 1. The Kier molecular flexibility index (Phi) is 5.31. The first-order valence-electron chi connectivity index (χ1n) is 8.92. The van der Waals surface area contributed by atoms with E-state index in [4.69, 9.17) is 4.74 Å². The van der Waals surface area contributed by atoms with Crippen molar-refractivity contribution in [3.63, 3.8) is 0 Å². The summed E-state index contributed by atoms with van der Waals surface area (Å²) in [6.45, 7) is 4.37. The molecule has 1 saturated heterocycles. The van der Waals surface area contributed by atoms with E-state index in [1.165, 1.54) is 4.90 Å². The number of carbonyl (C=O) groups is 2. The van der Waals surface area contributed by atoms with Crippen LogP contribution in [-0.2, 0) is 9.59 Å². The minimum Gasteiger partial charge on any atom is -0.507 e. The maximum Gasteiger partial charge on any atom is 0.295 e. The highest BCUT2D eigenvalue weighted by Crippen LogP contribution is 2.42. The number of hydrogen-bond donors (Lipinski definition) is 1. The Morgan fingerprint density at radius 2 is 1.70 bits per heavy atom. The number of para-hydroxylation sites is 1. The zero-order valence-electron chi connectivity index (χ0n) is 15.7. The van der Waals surface area contributed by atoms with E-state index < -0.39 is 17.7 Å². The van der Waals surface area contributed by atoms with Gasteiger partial charge in [0.1, 0.15) is 11.5 Å². The van der Waals surface area contributed by atoms with Gasteiger partial charge in [0.2, 0.25) is 0 Å². The standard InChI is InChI=1S/C22H23NO4/c1-14(2)13-23-19(16-11-7-8-12-17(16)27-3)18(21(25)22(23)26)20(24)15-9-5-4-6-10-15/h4-12,14,19,24H,13H2,1-3H3/t19-/m0/s1. The first-order chi connectivity index (χ1) is 13.0. The lowest BCUT2D eigenvalue weighted by Crippen LogP contribution is -2.33. The number of methoxy groups -OCH3 is 1. The van der Waals surface area contributed by atoms with Gasteiger partial charge >= 0.3 is 0 Å². The van der Waals surface area contributed by atoms with E-state index in [0.29, 0.717) is 23.4 Å². The third-order valence-electron chi connectivity index (χ3n) is 4.58. The minimum atomic E-state index is -0.691. The molecule has 1 aliphatic rings. The van der Waals surface area contributed by atoms with Crippen molar-refractivity contribution in [3.8, 4) is 5.75 Å². The molecule has 2 aromatic carbocycles. The predicted molar refractivity (Wildman–Crippen MR) is 103 cm³/mol. The maximum atomic E-state index is 12.8. The normalized spacial score (nSPS) is 19.0. The molecule has 0 radical (unpaired) electrons. The second kappa shape index (κ2) is 7.66. The smallest absolute Gasteiger partial charge is 0.295 e. The number of likely N-dealkylation sites (tertiary alicyclic amines) is 1. The molecular weight excluding hydrogens is 342 g/mol. The number of ketones is 1. The van der Waals surface area contributed by atoms with Crippen LogP contribution >= 0.6 is 0 Å². The number of rotatable bonds is 5. The molecule has 1 aliphatic heterocycles. The fraction of sp³-hybridized carbons (Fsp3) is 0.273. The number of benzene rings is 2. The molecule has 5 heteroatoms. The van der Waals surface area contributed by atoms with Crippen molar-refractivity contribution < 1.29 is 19.4 Å². The molecule has 140 valence electrons. The van der Waals surface area contributed by atoms with Crippen LogP contribution in [0.1, 0.15) is 31.0 Å². The summed E-state index contributed by atoms with van der Waals surface area (Å²) in [5, 5.41) is 10.9. The van der Waals surface area contributed by atoms with Crippen LogP contribution in [0.3, 0.4) is 0 Å². The Labute approximate surface area is 158 Å². The van der Waals surface area contributed by atoms with Gasteiger partial charge in [0.25, 0.3) is 11.7 Å². The van der Waals surface area contributed by atoms with Gasteiger partial charge in [0.15, 0.2) is 0 Å². The molecule has 0 aromatic heterocycles. The van der Waals surface area contributed by atoms with E-state index in [0.717, 1.165) is 0 Å². The molecule has 1 N–H and O–H groups in total. The summed E-state index contributed by atoms with van der Waals surface area (Å²) in [4.78, 5) is 27.1. The van der Waals surface area contributed by atoms with Crippen molar-refractivity contribution in [1.29, 1.82) is 0 Å². The highest BCUT2D eigenvalue weighted by Gasteiger charge is 2.47. The van der Waals surface area contributed by atoms with Gasteiger partial charge in [0, 0.05) is 17.7 Å². The lowest BCUT2D eigenvalue weighted by atomic mass is 9.94. The van der Waals surface area contributed by atoms with Crippen LogP contribution in [0.2, 0.25) is 0 Å². The van der Waals surface area contributed by atoms with Crippen LogP contribution in [0.5, 0.6) is 5.75 Å². The molecule has 0 bridgehead atoms. The lowest BCUT2D eigenvalue weighted by Gasteiger charge is -2.27. The van der Waals surface area contributed by atoms with Crippen molar-refractivity contribution in [2.24, 2.45) is 5.92 Å². The Morgan fingerprint density at radius 1 is 1.07 bits per heavy atom. The van der Waals surface area contributed by atoms with Gasteiger partial charge in [-0.25, -0.2) is 0 Å². The van der Waals surface area contributed by atoms with E-state index in [2.05, 4.69) is 0 Å². The molecule has 5 nitrogen and oxygen atoms in total. The van der Waals surface area contributed by atoms with Crippen LogP contribution in [0.4, 0.5) is 0 Å². The van der Waals surface area contributed by atoms with Crippen molar-refractivity contribution in [3.05, 3.63) is 71.3 Å². The Morgan fingerprint density at radius 3 is 2.33 bits per heavy atom. The molecule has 27 heavy (non-hydrogen) atoms. The Bertz CT molecular complexity index is 886. The van der Waals surface area contributed by atoms with E-state index in [9.17, 15) is 14.7 Å². The summed E-state index contributed by atoms with van der Waals surface area (Å²) in [5.41, 5.74) is 1.27. The summed E-state index contributed by atoms with van der Waals surface area (Å²) >= 11 is 0. The molecule has 0 saturated carbocycles. The van der Waals surface area contributed by atoms with E-state index in [-0.39, 0.29) is 17.3 Å². The maximum absolute atomic E-state index is 12.8. The van der Waals surface area contributed by atoms with Gasteiger partial charge in [-0.3, -0.25) is 9.59 Å². The van der Waals surface area contributed by atoms with Crippen LogP contribution in [0.25, 0.3) is 5.76 Å². The molecule has 2 aromatic rings. The van der Waals surface area contributed by atoms with Gasteiger partial charge in [-0.15, -0.1) is 0 Å². The highest BCUT2D eigenvalue weighted by atomic mass is 16.5. The fourth-order valence-electron chi connectivity index (χ4n) is 3.43. The van der Waals surface area contributed by atoms with Crippen molar-refractivity contribution in [2.45, 2.75) is 19.9 Å². The quantitative estimate of drug-likeness (QED) is 0.498. The third-order valence-corrected chi connectivity index (χ3v) is 4.58. The summed E-state index contributed by atoms with van der Waals surface area (Å²) in [6.07, 6.45) is 0. The number of carbonyl (C=O) groups excluding carboxylic acids is 2. The first kappa shape index (κ1) is 18.7. The topological polar surface area (TPSA) is 66.8 Å². The lowest BCUT2D eigenvalue weighted by molar-refractivity contribution is -0.140. The molecule has 1 heterocycles. The van der Waals surface area contributed by atoms with E-state index >= 15 is 0 Å². The molecule has 0 aliphatic carbocycles. The van der Waals surface area contributed by atoms with Crippen molar-refractivity contribution >= 4 is 17.4 Å². The largest absolute Gasteiger partial charge is 0.507 e. The molecule has 1 amide bonds. The van der Waals surface area contributed by atoms with Crippen LogP contribution < -0.4 is 4.74 Å².